The molecule has 19 heavy (non-hydrogen) atoms. The molecule has 2 atom stereocenters. The summed E-state index contributed by atoms with van der Waals surface area (Å²) in [6, 6.07) is 4.82. The molecule has 2 unspecified atom stereocenters. The van der Waals surface area contributed by atoms with Gasteiger partial charge in [-0.1, -0.05) is 6.92 Å². The van der Waals surface area contributed by atoms with Crippen molar-refractivity contribution >= 4 is 32.9 Å². The molecular weight excluding hydrogens is 254 g/mol. The molecule has 0 amide bonds. The van der Waals surface area contributed by atoms with Gasteiger partial charge in [-0.2, -0.15) is 0 Å². The fourth-order valence-corrected chi connectivity index (χ4v) is 3.82. The van der Waals surface area contributed by atoms with E-state index >= 15 is 0 Å². The summed E-state index contributed by atoms with van der Waals surface area (Å²) in [6.45, 7) is 7.76. The van der Waals surface area contributed by atoms with Crippen molar-refractivity contribution in [1.82, 2.24) is 4.98 Å². The summed E-state index contributed by atoms with van der Waals surface area (Å²) in [6.07, 6.45) is 2.56. The first-order chi connectivity index (χ1) is 9.04. The summed E-state index contributed by atoms with van der Waals surface area (Å²) in [5.74, 6) is 0.739. The van der Waals surface area contributed by atoms with E-state index < -0.39 is 0 Å². The molecule has 0 spiro atoms. The normalized spacial score (nSPS) is 24.1. The second-order valence-corrected chi connectivity index (χ2v) is 7.03. The minimum absolute atomic E-state index is 0.565. The van der Waals surface area contributed by atoms with E-state index in [1.54, 1.807) is 11.3 Å². The first-order valence-electron chi connectivity index (χ1n) is 6.98. The number of anilines is 2. The highest BCUT2D eigenvalue weighted by Gasteiger charge is 2.24. The minimum atomic E-state index is 0.565. The third-order valence-corrected chi connectivity index (χ3v) is 5.00. The second kappa shape index (κ2) is 4.67. The molecule has 102 valence electrons. The van der Waals surface area contributed by atoms with Crippen molar-refractivity contribution in [1.29, 1.82) is 0 Å². The molecule has 2 N–H and O–H groups in total. The molecule has 3 rings (SSSR count). The molecule has 0 saturated carbocycles. The number of fused-ring (bicyclic) bond motifs is 1. The molecule has 4 heteroatoms. The van der Waals surface area contributed by atoms with Crippen LogP contribution in [0.1, 0.15) is 31.7 Å². The maximum Gasteiger partial charge on any atom is 0.0907 e. The number of aromatic nitrogens is 1. The van der Waals surface area contributed by atoms with Crippen LogP contribution in [-0.2, 0) is 0 Å². The summed E-state index contributed by atoms with van der Waals surface area (Å²) in [5, 5.41) is 1.10. The van der Waals surface area contributed by atoms with E-state index in [1.165, 1.54) is 17.5 Å². The summed E-state index contributed by atoms with van der Waals surface area (Å²) >= 11 is 1.71. The SMILES string of the molecule is Cc1nc2cc(N3CC(C)CCC3C)c(N)cc2s1. The van der Waals surface area contributed by atoms with Crippen LogP contribution in [0.2, 0.25) is 0 Å². The number of nitrogens with two attached hydrogens (primary N) is 1. The second-order valence-electron chi connectivity index (χ2n) is 5.80. The predicted molar refractivity (Wildman–Crippen MR) is 84.0 cm³/mol. The van der Waals surface area contributed by atoms with Crippen molar-refractivity contribution in [3.8, 4) is 0 Å². The Morgan fingerprint density at radius 1 is 1.32 bits per heavy atom. The molecule has 2 aromatic rings. The van der Waals surface area contributed by atoms with Crippen LogP contribution in [0.25, 0.3) is 10.2 Å². The molecule has 1 fully saturated rings. The zero-order valence-electron chi connectivity index (χ0n) is 11.8. The van der Waals surface area contributed by atoms with Crippen LogP contribution in [0, 0.1) is 12.8 Å². The monoisotopic (exact) mass is 275 g/mol. The summed E-state index contributed by atoms with van der Waals surface area (Å²) in [5.41, 5.74) is 9.40. The highest BCUT2D eigenvalue weighted by atomic mass is 32.1. The molecule has 0 bridgehead atoms. The maximum absolute atomic E-state index is 6.27. The van der Waals surface area contributed by atoms with Crippen LogP contribution in [-0.4, -0.2) is 17.6 Å². The smallest absolute Gasteiger partial charge is 0.0907 e. The van der Waals surface area contributed by atoms with Crippen molar-refractivity contribution in [2.75, 3.05) is 17.2 Å². The zero-order valence-corrected chi connectivity index (χ0v) is 12.6. The van der Waals surface area contributed by atoms with Crippen molar-refractivity contribution in [2.45, 2.75) is 39.7 Å². The van der Waals surface area contributed by atoms with E-state index in [2.05, 4.69) is 35.9 Å². The molecule has 1 aromatic carbocycles. The third-order valence-electron chi connectivity index (χ3n) is 4.07. The Morgan fingerprint density at radius 3 is 2.89 bits per heavy atom. The van der Waals surface area contributed by atoms with Crippen molar-refractivity contribution in [3.05, 3.63) is 17.1 Å². The number of hydrogen-bond donors (Lipinski definition) is 1. The fourth-order valence-electron chi connectivity index (χ4n) is 2.97. The molecule has 0 radical (unpaired) electrons. The lowest BCUT2D eigenvalue weighted by molar-refractivity contribution is 0.391. The third kappa shape index (κ3) is 2.29. The maximum atomic E-state index is 6.27. The molecule has 1 saturated heterocycles. The highest BCUT2D eigenvalue weighted by molar-refractivity contribution is 7.18. The van der Waals surface area contributed by atoms with Gasteiger partial charge in [-0.25, -0.2) is 4.98 Å². The predicted octanol–water partition coefficient (Wildman–Crippen LogP) is 3.81. The Labute approximate surface area is 118 Å². The van der Waals surface area contributed by atoms with Gasteiger partial charge in [-0.15, -0.1) is 11.3 Å². The van der Waals surface area contributed by atoms with Gasteiger partial charge in [0.15, 0.2) is 0 Å². The van der Waals surface area contributed by atoms with Crippen LogP contribution in [0.4, 0.5) is 11.4 Å². The number of hydrogen-bond acceptors (Lipinski definition) is 4. The lowest BCUT2D eigenvalue weighted by atomic mass is 9.94. The van der Waals surface area contributed by atoms with E-state index in [0.29, 0.717) is 6.04 Å². The van der Waals surface area contributed by atoms with Gasteiger partial charge in [-0.3, -0.25) is 0 Å². The number of rotatable bonds is 1. The van der Waals surface area contributed by atoms with Gasteiger partial charge in [0, 0.05) is 12.6 Å². The van der Waals surface area contributed by atoms with E-state index in [-0.39, 0.29) is 0 Å². The first kappa shape index (κ1) is 12.7. The average molecular weight is 275 g/mol. The minimum Gasteiger partial charge on any atom is -0.397 e. The topological polar surface area (TPSA) is 42.2 Å². The summed E-state index contributed by atoms with van der Waals surface area (Å²) in [7, 11) is 0. The van der Waals surface area contributed by atoms with Gasteiger partial charge >= 0.3 is 0 Å². The molecule has 0 aliphatic carbocycles. The summed E-state index contributed by atoms with van der Waals surface area (Å²) < 4.78 is 1.19. The molecule has 1 aliphatic heterocycles. The van der Waals surface area contributed by atoms with Crippen LogP contribution in [0.15, 0.2) is 12.1 Å². The molecule has 1 aromatic heterocycles. The molecule has 2 heterocycles. The van der Waals surface area contributed by atoms with Gasteiger partial charge in [0.25, 0.3) is 0 Å². The van der Waals surface area contributed by atoms with Gasteiger partial charge in [-0.05, 0) is 44.7 Å². The molecular formula is C15H21N3S. The van der Waals surface area contributed by atoms with Crippen molar-refractivity contribution in [2.24, 2.45) is 5.92 Å². The van der Waals surface area contributed by atoms with Crippen LogP contribution in [0.5, 0.6) is 0 Å². The zero-order chi connectivity index (χ0) is 13.6. The first-order valence-corrected chi connectivity index (χ1v) is 7.79. The largest absolute Gasteiger partial charge is 0.397 e. The Hall–Kier alpha value is -1.29. The standard InChI is InChI=1S/C15H21N3S/c1-9-4-5-10(2)18(8-9)14-7-13-15(6-12(14)16)19-11(3)17-13/h6-7,9-10H,4-5,8,16H2,1-3H3. The Balaban J connectivity index is 2.05. The van der Waals surface area contributed by atoms with E-state index in [1.807, 2.05) is 6.92 Å². The quantitative estimate of drug-likeness (QED) is 0.805. The average Bonchev–Trinajstić information content (AvgIpc) is 2.70. The van der Waals surface area contributed by atoms with Crippen molar-refractivity contribution < 1.29 is 0 Å². The van der Waals surface area contributed by atoms with Crippen LogP contribution >= 0.6 is 11.3 Å². The fraction of sp³-hybridized carbons (Fsp3) is 0.533. The Morgan fingerprint density at radius 2 is 2.11 bits per heavy atom. The van der Waals surface area contributed by atoms with Crippen LogP contribution < -0.4 is 10.6 Å². The molecule has 3 nitrogen and oxygen atoms in total. The number of thiazole rings is 1. The van der Waals surface area contributed by atoms with Gasteiger partial charge in [0.2, 0.25) is 0 Å². The summed E-state index contributed by atoms with van der Waals surface area (Å²) in [4.78, 5) is 7.05. The number of nitrogens with zero attached hydrogens (tertiary/aromatic N) is 2. The van der Waals surface area contributed by atoms with Gasteiger partial charge < -0.3 is 10.6 Å². The van der Waals surface area contributed by atoms with Gasteiger partial charge in [0.05, 0.1) is 26.6 Å². The van der Waals surface area contributed by atoms with E-state index in [9.17, 15) is 0 Å². The number of piperidine rings is 1. The Bertz CT molecular complexity index is 605. The number of nitrogen functional groups attached to an aromatic ring is 1. The van der Waals surface area contributed by atoms with E-state index in [0.717, 1.165) is 34.4 Å². The highest BCUT2D eigenvalue weighted by Crippen LogP contribution is 2.35. The van der Waals surface area contributed by atoms with E-state index in [4.69, 9.17) is 5.73 Å². The lowest BCUT2D eigenvalue weighted by Gasteiger charge is -2.39. The van der Waals surface area contributed by atoms with Crippen molar-refractivity contribution in [3.63, 3.8) is 0 Å². The Kier molecular flexibility index (Phi) is 3.13. The van der Waals surface area contributed by atoms with Gasteiger partial charge in [0.1, 0.15) is 0 Å². The number of aryl methyl sites for hydroxylation is 1. The lowest BCUT2D eigenvalue weighted by Crippen LogP contribution is -2.41. The van der Waals surface area contributed by atoms with Crippen LogP contribution in [0.3, 0.4) is 0 Å². The molecule has 1 aliphatic rings. The number of benzene rings is 1.